The molecule has 2 unspecified atom stereocenters. The van der Waals surface area contributed by atoms with E-state index in [1.807, 2.05) is 26.0 Å². The fourth-order valence-electron chi connectivity index (χ4n) is 3.54. The molecule has 168 valence electrons. The van der Waals surface area contributed by atoms with Gasteiger partial charge in [0.15, 0.2) is 0 Å². The number of hydrogen-bond acceptors (Lipinski definition) is 4. The topological polar surface area (TPSA) is 48.1 Å². The summed E-state index contributed by atoms with van der Waals surface area (Å²) in [5.74, 6) is 7.02. The van der Waals surface area contributed by atoms with Gasteiger partial charge in [-0.3, -0.25) is 0 Å². The molecule has 1 aromatic heterocycles. The first-order valence-corrected chi connectivity index (χ1v) is 11.9. The van der Waals surface area contributed by atoms with Gasteiger partial charge in [0, 0.05) is 16.4 Å². The van der Waals surface area contributed by atoms with Crippen LogP contribution in [0.2, 0.25) is 5.02 Å². The summed E-state index contributed by atoms with van der Waals surface area (Å²) in [7, 11) is 1.63. The smallest absolute Gasteiger partial charge is 0.123 e. The van der Waals surface area contributed by atoms with Crippen molar-refractivity contribution in [1.29, 1.82) is 0 Å². The van der Waals surface area contributed by atoms with E-state index in [4.69, 9.17) is 27.1 Å². The first-order valence-electron chi connectivity index (χ1n) is 10.7. The van der Waals surface area contributed by atoms with Crippen LogP contribution in [0.15, 0.2) is 36.4 Å². The molecule has 0 bridgehead atoms. The first kappa shape index (κ1) is 24.3. The number of methoxy groups -OCH3 is 1. The largest absolute Gasteiger partial charge is 0.496 e. The van der Waals surface area contributed by atoms with E-state index in [9.17, 15) is 4.39 Å². The summed E-state index contributed by atoms with van der Waals surface area (Å²) < 4.78 is 18.7. The van der Waals surface area contributed by atoms with Gasteiger partial charge < -0.3 is 10.5 Å². The Morgan fingerprint density at radius 2 is 1.91 bits per heavy atom. The van der Waals surface area contributed by atoms with Crippen LogP contribution < -0.4 is 10.5 Å². The molecule has 3 rings (SSSR count). The lowest BCUT2D eigenvalue weighted by molar-refractivity contribution is 0.412. The highest BCUT2D eigenvalue weighted by Crippen LogP contribution is 2.37. The van der Waals surface area contributed by atoms with Gasteiger partial charge in [-0.1, -0.05) is 55.3 Å². The number of benzene rings is 2. The van der Waals surface area contributed by atoms with Gasteiger partial charge in [-0.2, -0.15) is 0 Å². The summed E-state index contributed by atoms with van der Waals surface area (Å²) in [5.41, 5.74) is 10.1. The number of nitrogens with two attached hydrogens (primary N) is 1. The van der Waals surface area contributed by atoms with Crippen molar-refractivity contribution in [3.8, 4) is 28.8 Å². The summed E-state index contributed by atoms with van der Waals surface area (Å²) in [6.45, 7) is 6.13. The molecular formula is C26H28ClFN2OS. The normalized spacial score (nSPS) is 12.7. The van der Waals surface area contributed by atoms with Crippen LogP contribution in [-0.4, -0.2) is 12.1 Å². The number of aryl methyl sites for hydroxylation is 2. The van der Waals surface area contributed by atoms with Crippen LogP contribution in [0.5, 0.6) is 5.75 Å². The molecule has 2 aromatic carbocycles. The number of unbranched alkanes of at least 4 members (excludes halogenated alkanes) is 1. The number of aromatic nitrogens is 1. The van der Waals surface area contributed by atoms with E-state index in [1.165, 1.54) is 23.5 Å². The van der Waals surface area contributed by atoms with E-state index in [-0.39, 0.29) is 11.7 Å². The fourth-order valence-corrected chi connectivity index (χ4v) is 4.67. The Labute approximate surface area is 198 Å². The van der Waals surface area contributed by atoms with E-state index in [1.54, 1.807) is 19.2 Å². The zero-order chi connectivity index (χ0) is 23.3. The summed E-state index contributed by atoms with van der Waals surface area (Å²) in [5, 5.41) is 1.34. The van der Waals surface area contributed by atoms with Crippen LogP contribution >= 0.6 is 22.9 Å². The van der Waals surface area contributed by atoms with Crippen LogP contribution in [0.3, 0.4) is 0 Å². The zero-order valence-corrected chi connectivity index (χ0v) is 20.4. The van der Waals surface area contributed by atoms with Gasteiger partial charge >= 0.3 is 0 Å². The minimum absolute atomic E-state index is 0.0146. The SMILES string of the molecule is CCCCC(C#CC(N)c1nc(-c2cc(C)c(OC)cc2Cl)c(C)s1)c1ccc(F)cc1. The lowest BCUT2D eigenvalue weighted by atomic mass is 9.94. The third kappa shape index (κ3) is 5.69. The van der Waals surface area contributed by atoms with Crippen LogP contribution in [0, 0.1) is 31.5 Å². The number of rotatable bonds is 7. The molecule has 0 saturated carbocycles. The van der Waals surface area contributed by atoms with E-state index in [0.717, 1.165) is 57.3 Å². The molecule has 3 aromatic rings. The van der Waals surface area contributed by atoms with Gasteiger partial charge in [0.25, 0.3) is 0 Å². The standard InChI is InChI=1S/C26H28ClFN2OS/c1-5-6-7-18(19-8-11-20(28)12-9-19)10-13-23(29)26-30-25(17(3)32-26)21-14-16(2)24(31-4)15-22(21)27/h8-9,11-12,14-15,18,23H,5-7,29H2,1-4H3. The maximum atomic E-state index is 13.3. The van der Waals surface area contributed by atoms with Crippen LogP contribution in [0.1, 0.15) is 59.2 Å². The zero-order valence-electron chi connectivity index (χ0n) is 18.8. The van der Waals surface area contributed by atoms with Crippen molar-refractivity contribution in [2.75, 3.05) is 7.11 Å². The molecule has 32 heavy (non-hydrogen) atoms. The predicted molar refractivity (Wildman–Crippen MR) is 132 cm³/mol. The second-order valence-electron chi connectivity index (χ2n) is 7.77. The Kier molecular flexibility index (Phi) is 8.31. The van der Waals surface area contributed by atoms with Crippen LogP contribution in [-0.2, 0) is 0 Å². The van der Waals surface area contributed by atoms with Gasteiger partial charge in [-0.05, 0) is 55.7 Å². The molecular weight excluding hydrogens is 443 g/mol. The molecule has 6 heteroatoms. The fraction of sp³-hybridized carbons (Fsp3) is 0.346. The Morgan fingerprint density at radius 1 is 1.19 bits per heavy atom. The molecule has 1 heterocycles. The van der Waals surface area contributed by atoms with Crippen molar-refractivity contribution in [1.82, 2.24) is 4.98 Å². The highest BCUT2D eigenvalue weighted by molar-refractivity contribution is 7.12. The van der Waals surface area contributed by atoms with Gasteiger partial charge in [-0.15, -0.1) is 11.3 Å². The van der Waals surface area contributed by atoms with E-state index in [2.05, 4.69) is 18.8 Å². The summed E-state index contributed by atoms with van der Waals surface area (Å²) in [6.07, 6.45) is 3.02. The van der Waals surface area contributed by atoms with Crippen molar-refractivity contribution in [2.24, 2.45) is 5.73 Å². The highest BCUT2D eigenvalue weighted by atomic mass is 35.5. The molecule has 0 aliphatic carbocycles. The molecule has 0 aliphatic rings. The van der Waals surface area contributed by atoms with Crippen LogP contribution in [0.25, 0.3) is 11.3 Å². The maximum Gasteiger partial charge on any atom is 0.123 e. The molecule has 0 fully saturated rings. The van der Waals surface area contributed by atoms with Crippen LogP contribution in [0.4, 0.5) is 4.39 Å². The highest BCUT2D eigenvalue weighted by Gasteiger charge is 2.18. The van der Waals surface area contributed by atoms with Gasteiger partial charge in [0.05, 0.1) is 17.8 Å². The monoisotopic (exact) mass is 470 g/mol. The van der Waals surface area contributed by atoms with Crippen molar-refractivity contribution in [2.45, 2.75) is 52.0 Å². The molecule has 0 saturated heterocycles. The van der Waals surface area contributed by atoms with E-state index in [0.29, 0.717) is 5.02 Å². The minimum Gasteiger partial charge on any atom is -0.496 e. The number of ether oxygens (including phenoxy) is 1. The third-order valence-corrected chi connectivity index (χ3v) is 6.72. The van der Waals surface area contributed by atoms with E-state index < -0.39 is 6.04 Å². The van der Waals surface area contributed by atoms with Gasteiger partial charge in [-0.25, -0.2) is 9.37 Å². The second kappa shape index (κ2) is 11.0. The molecule has 0 amide bonds. The van der Waals surface area contributed by atoms with Crippen molar-refractivity contribution >= 4 is 22.9 Å². The molecule has 2 N–H and O–H groups in total. The summed E-state index contributed by atoms with van der Waals surface area (Å²) >= 11 is 8.04. The predicted octanol–water partition coefficient (Wildman–Crippen LogP) is 7.21. The average molecular weight is 471 g/mol. The molecule has 0 aliphatic heterocycles. The Hall–Kier alpha value is -2.39. The Bertz CT molecular complexity index is 1130. The average Bonchev–Trinajstić information content (AvgIpc) is 3.17. The molecule has 2 atom stereocenters. The lowest BCUT2D eigenvalue weighted by Gasteiger charge is -2.11. The number of halogens is 2. The van der Waals surface area contributed by atoms with Crippen molar-refractivity contribution in [3.63, 3.8) is 0 Å². The lowest BCUT2D eigenvalue weighted by Crippen LogP contribution is -2.08. The first-order chi connectivity index (χ1) is 15.3. The number of thiazole rings is 1. The second-order valence-corrected chi connectivity index (χ2v) is 9.41. The number of nitrogens with zero attached hydrogens (tertiary/aromatic N) is 1. The Morgan fingerprint density at radius 3 is 2.56 bits per heavy atom. The Balaban J connectivity index is 1.88. The molecule has 3 nitrogen and oxygen atoms in total. The summed E-state index contributed by atoms with van der Waals surface area (Å²) in [4.78, 5) is 5.81. The van der Waals surface area contributed by atoms with Gasteiger partial charge in [0.2, 0.25) is 0 Å². The summed E-state index contributed by atoms with van der Waals surface area (Å²) in [6, 6.07) is 9.85. The number of hydrogen-bond donors (Lipinski definition) is 1. The van der Waals surface area contributed by atoms with Crippen molar-refractivity contribution in [3.05, 3.63) is 68.2 Å². The quantitative estimate of drug-likeness (QED) is 0.371. The van der Waals surface area contributed by atoms with Crippen molar-refractivity contribution < 1.29 is 9.13 Å². The molecule has 0 radical (unpaired) electrons. The van der Waals surface area contributed by atoms with E-state index >= 15 is 0 Å². The molecule has 0 spiro atoms. The van der Waals surface area contributed by atoms with Gasteiger partial charge in [0.1, 0.15) is 22.6 Å². The minimum atomic E-state index is -0.504. The maximum absolute atomic E-state index is 13.3. The third-order valence-electron chi connectivity index (χ3n) is 5.35.